The molecule has 0 aromatic rings. The number of aliphatic carboxylic acids is 1. The summed E-state index contributed by atoms with van der Waals surface area (Å²) >= 11 is 0. The predicted octanol–water partition coefficient (Wildman–Crippen LogP) is 1.04. The minimum absolute atomic E-state index is 0.0765. The second kappa shape index (κ2) is 7.51. The van der Waals surface area contributed by atoms with Crippen molar-refractivity contribution in [3.63, 3.8) is 0 Å². The van der Waals surface area contributed by atoms with Crippen molar-refractivity contribution in [2.75, 3.05) is 13.2 Å². The van der Waals surface area contributed by atoms with Crippen molar-refractivity contribution >= 4 is 11.9 Å². The Bertz CT molecular complexity index is 403. The number of esters is 1. The maximum atomic E-state index is 14.5. The van der Waals surface area contributed by atoms with E-state index in [-0.39, 0.29) is 19.4 Å². The van der Waals surface area contributed by atoms with E-state index in [4.69, 9.17) is 20.3 Å². The first-order valence-corrected chi connectivity index (χ1v) is 6.93. The Morgan fingerprint density at radius 1 is 1.57 bits per heavy atom. The highest BCUT2D eigenvalue weighted by Crippen LogP contribution is 2.50. The van der Waals surface area contributed by atoms with Gasteiger partial charge in [-0.1, -0.05) is 19.6 Å². The maximum Gasteiger partial charge on any atom is 0.346 e. The van der Waals surface area contributed by atoms with Crippen LogP contribution in [0.2, 0.25) is 0 Å². The molecule has 0 saturated heterocycles. The predicted molar refractivity (Wildman–Crippen MR) is 73.4 cm³/mol. The zero-order chi connectivity index (χ0) is 16.0. The molecule has 0 radical (unpaired) electrons. The van der Waals surface area contributed by atoms with Crippen molar-refractivity contribution in [3.8, 4) is 0 Å². The second-order valence-electron chi connectivity index (χ2n) is 5.11. The van der Waals surface area contributed by atoms with Crippen LogP contribution in [0, 0.1) is 5.92 Å². The summed E-state index contributed by atoms with van der Waals surface area (Å²) in [7, 11) is 0. The molecule has 6 nitrogen and oxygen atoms in total. The van der Waals surface area contributed by atoms with Gasteiger partial charge in [-0.05, 0) is 12.8 Å². The van der Waals surface area contributed by atoms with Crippen LogP contribution in [0.3, 0.4) is 0 Å². The van der Waals surface area contributed by atoms with Crippen LogP contribution >= 0.6 is 0 Å². The number of rotatable bonds is 10. The monoisotopic (exact) mass is 303 g/mol. The zero-order valence-corrected chi connectivity index (χ0v) is 12.1. The number of hydrogen-bond acceptors (Lipinski definition) is 5. The molecule has 4 atom stereocenters. The van der Waals surface area contributed by atoms with E-state index >= 15 is 0 Å². The minimum atomic E-state index is -2.25. The fourth-order valence-electron chi connectivity index (χ4n) is 2.28. The maximum absolute atomic E-state index is 14.5. The van der Waals surface area contributed by atoms with E-state index in [9.17, 15) is 14.0 Å². The summed E-state index contributed by atoms with van der Waals surface area (Å²) in [6.45, 7) is 5.54. The van der Waals surface area contributed by atoms with Crippen LogP contribution in [-0.2, 0) is 19.1 Å². The fraction of sp³-hybridized carbons (Fsp3) is 0.714. The second-order valence-corrected chi connectivity index (χ2v) is 5.11. The summed E-state index contributed by atoms with van der Waals surface area (Å²) in [5.74, 6) is -2.84. The van der Waals surface area contributed by atoms with Crippen molar-refractivity contribution in [3.05, 3.63) is 12.7 Å². The highest BCUT2D eigenvalue weighted by molar-refractivity contribution is 5.85. The van der Waals surface area contributed by atoms with Gasteiger partial charge in [0.2, 0.25) is 5.67 Å². The van der Waals surface area contributed by atoms with Gasteiger partial charge in [0, 0.05) is 12.5 Å². The topological polar surface area (TPSA) is 98.9 Å². The summed E-state index contributed by atoms with van der Waals surface area (Å²) in [5, 5.41) is 8.83. The Morgan fingerprint density at radius 2 is 2.24 bits per heavy atom. The molecule has 1 saturated carbocycles. The zero-order valence-electron chi connectivity index (χ0n) is 12.1. The van der Waals surface area contributed by atoms with Gasteiger partial charge in [0.15, 0.2) is 0 Å². The lowest BCUT2D eigenvalue weighted by Gasteiger charge is -2.16. The number of carbonyl (C=O) groups excluding carboxylic acids is 1. The van der Waals surface area contributed by atoms with E-state index in [2.05, 4.69) is 6.58 Å². The van der Waals surface area contributed by atoms with Crippen LogP contribution in [-0.4, -0.2) is 48.1 Å². The lowest BCUT2D eigenvalue weighted by atomic mass is 10.1. The number of halogens is 1. The van der Waals surface area contributed by atoms with Gasteiger partial charge in [0.05, 0.1) is 18.6 Å². The van der Waals surface area contributed by atoms with Crippen molar-refractivity contribution in [1.82, 2.24) is 0 Å². The Labute approximate surface area is 123 Å². The average molecular weight is 303 g/mol. The number of nitrogens with two attached hydrogens (primary N) is 1. The van der Waals surface area contributed by atoms with Crippen LogP contribution < -0.4 is 5.73 Å². The molecule has 0 aliphatic heterocycles. The molecule has 3 N–H and O–H groups in total. The first-order chi connectivity index (χ1) is 9.87. The molecule has 1 rings (SSSR count). The third-order valence-electron chi connectivity index (χ3n) is 3.47. The normalized spacial score (nSPS) is 28.7. The number of ether oxygens (including phenoxy) is 2. The lowest BCUT2D eigenvalue weighted by molar-refractivity contribution is -0.151. The van der Waals surface area contributed by atoms with E-state index in [0.717, 1.165) is 6.42 Å². The van der Waals surface area contributed by atoms with E-state index < -0.39 is 35.7 Å². The van der Waals surface area contributed by atoms with E-state index in [1.165, 1.54) is 6.08 Å². The van der Waals surface area contributed by atoms with Gasteiger partial charge in [-0.3, -0.25) is 4.79 Å². The third-order valence-corrected chi connectivity index (χ3v) is 3.47. The highest BCUT2D eigenvalue weighted by Gasteiger charge is 2.71. The molecule has 0 bridgehead atoms. The molecule has 1 aliphatic rings. The highest BCUT2D eigenvalue weighted by atomic mass is 19.1. The Balaban J connectivity index is 2.61. The molecule has 4 unspecified atom stereocenters. The molecular weight excluding hydrogens is 281 g/mol. The summed E-state index contributed by atoms with van der Waals surface area (Å²) in [4.78, 5) is 22.4. The molecule has 0 aromatic carbocycles. The van der Waals surface area contributed by atoms with Crippen LogP contribution in [0.15, 0.2) is 12.7 Å². The first kappa shape index (κ1) is 17.6. The van der Waals surface area contributed by atoms with E-state index in [1.54, 1.807) is 0 Å². The number of carbonyl (C=O) groups is 2. The van der Waals surface area contributed by atoms with Gasteiger partial charge in [-0.2, -0.15) is 0 Å². The summed E-state index contributed by atoms with van der Waals surface area (Å²) in [6.07, 6.45) is 1.22. The summed E-state index contributed by atoms with van der Waals surface area (Å²) < 4.78 is 24.5. The molecule has 1 fully saturated rings. The Kier molecular flexibility index (Phi) is 6.29. The smallest absolute Gasteiger partial charge is 0.346 e. The van der Waals surface area contributed by atoms with Crippen LogP contribution in [0.25, 0.3) is 0 Å². The van der Waals surface area contributed by atoms with Crippen molar-refractivity contribution in [2.24, 2.45) is 11.7 Å². The van der Waals surface area contributed by atoms with Gasteiger partial charge in [0.1, 0.15) is 6.61 Å². The molecule has 21 heavy (non-hydrogen) atoms. The number of alkyl halides is 1. The summed E-state index contributed by atoms with van der Waals surface area (Å²) in [6, 6.07) is -0.990. The molecule has 120 valence electrons. The minimum Gasteiger partial charge on any atom is -0.481 e. The van der Waals surface area contributed by atoms with Crippen LogP contribution in [0.1, 0.15) is 26.2 Å². The molecule has 7 heteroatoms. The lowest BCUT2D eigenvalue weighted by Crippen LogP contribution is -2.29. The molecule has 1 aliphatic carbocycles. The average Bonchev–Trinajstić information content (AvgIpc) is 2.95. The van der Waals surface area contributed by atoms with Crippen molar-refractivity contribution in [1.29, 1.82) is 0 Å². The summed E-state index contributed by atoms with van der Waals surface area (Å²) in [5.41, 5.74) is 3.37. The molecule has 0 spiro atoms. The first-order valence-electron chi connectivity index (χ1n) is 6.93. The number of carboxylic acids is 1. The van der Waals surface area contributed by atoms with Gasteiger partial charge < -0.3 is 20.3 Å². The standard InChI is InChI=1S/C14H22FNO5/c1-3-5-20-9(8-11(17)18)7-10-12(16)14(10,15)13(19)21-6-4-2/h4,9-10,12H,2-3,5-8,16H2,1H3,(H,17,18). The van der Waals surface area contributed by atoms with Crippen LogP contribution in [0.4, 0.5) is 4.39 Å². The third kappa shape index (κ3) is 4.25. The fourth-order valence-corrected chi connectivity index (χ4v) is 2.28. The molecular formula is C14H22FNO5. The van der Waals surface area contributed by atoms with E-state index in [0.29, 0.717) is 6.61 Å². The van der Waals surface area contributed by atoms with E-state index in [1.807, 2.05) is 6.92 Å². The molecule has 0 aromatic heterocycles. The van der Waals surface area contributed by atoms with Gasteiger partial charge in [-0.15, -0.1) is 0 Å². The van der Waals surface area contributed by atoms with Gasteiger partial charge in [-0.25, -0.2) is 9.18 Å². The Hall–Kier alpha value is -1.47. The van der Waals surface area contributed by atoms with Crippen LogP contribution in [0.5, 0.6) is 0 Å². The van der Waals surface area contributed by atoms with Crippen molar-refractivity contribution < 1.29 is 28.6 Å². The molecule has 0 amide bonds. The SMILES string of the molecule is C=CCOC(=O)C1(F)C(N)C1CC(CC(=O)O)OCCC. The number of carboxylic acid groups (broad SMARTS) is 1. The number of hydrogen-bond donors (Lipinski definition) is 2. The largest absolute Gasteiger partial charge is 0.481 e. The van der Waals surface area contributed by atoms with Gasteiger partial charge in [0.25, 0.3) is 0 Å². The van der Waals surface area contributed by atoms with Gasteiger partial charge >= 0.3 is 11.9 Å². The Morgan fingerprint density at radius 3 is 2.76 bits per heavy atom. The molecule has 0 heterocycles. The quantitative estimate of drug-likeness (QED) is 0.462. The van der Waals surface area contributed by atoms with Crippen molar-refractivity contribution in [2.45, 2.75) is 44.0 Å².